The molecule has 2 aromatic carbocycles. The van der Waals surface area contributed by atoms with Crippen LogP contribution >= 0.6 is 0 Å². The minimum Gasteiger partial charge on any atom is -0.495 e. The number of anilines is 1. The fraction of sp³-hybridized carbons (Fsp3) is 0.435. The van der Waals surface area contributed by atoms with Crippen LogP contribution in [0.1, 0.15) is 35.7 Å². The SMILES string of the molecule is COc1ccccc1N1CCCC(NC(=O)c2cc3c(c(OC)c2)OC(C)C3)C1. The third kappa shape index (κ3) is 3.97. The quantitative estimate of drug-likeness (QED) is 0.839. The Labute approximate surface area is 171 Å². The largest absolute Gasteiger partial charge is 0.495 e. The van der Waals surface area contributed by atoms with Crippen molar-refractivity contribution in [1.82, 2.24) is 5.32 Å². The molecule has 2 heterocycles. The zero-order chi connectivity index (χ0) is 20.4. The molecular formula is C23H28N2O4. The molecule has 1 fully saturated rings. The minimum absolute atomic E-state index is 0.0717. The average Bonchev–Trinajstić information content (AvgIpc) is 3.13. The van der Waals surface area contributed by atoms with Crippen LogP contribution < -0.4 is 24.4 Å². The first-order valence-corrected chi connectivity index (χ1v) is 10.2. The molecule has 29 heavy (non-hydrogen) atoms. The zero-order valence-electron chi connectivity index (χ0n) is 17.2. The van der Waals surface area contributed by atoms with Crippen molar-refractivity contribution in [2.75, 3.05) is 32.2 Å². The lowest BCUT2D eigenvalue weighted by Crippen LogP contribution is -2.48. The Morgan fingerprint density at radius 2 is 1.97 bits per heavy atom. The number of fused-ring (bicyclic) bond motifs is 1. The molecular weight excluding hydrogens is 368 g/mol. The summed E-state index contributed by atoms with van der Waals surface area (Å²) in [5.74, 6) is 2.17. The normalized spacial score (nSPS) is 20.6. The molecule has 1 amide bonds. The molecule has 4 rings (SSSR count). The Balaban J connectivity index is 1.48. The van der Waals surface area contributed by atoms with E-state index in [0.717, 1.165) is 55.1 Å². The number of amides is 1. The highest BCUT2D eigenvalue weighted by atomic mass is 16.5. The number of para-hydroxylation sites is 2. The zero-order valence-corrected chi connectivity index (χ0v) is 17.2. The number of rotatable bonds is 5. The van der Waals surface area contributed by atoms with Crippen LogP contribution in [0.4, 0.5) is 5.69 Å². The number of hydrogen-bond acceptors (Lipinski definition) is 5. The molecule has 2 aromatic rings. The Morgan fingerprint density at radius 1 is 1.17 bits per heavy atom. The maximum Gasteiger partial charge on any atom is 0.251 e. The molecule has 1 N–H and O–H groups in total. The van der Waals surface area contributed by atoms with Gasteiger partial charge in [-0.05, 0) is 44.0 Å². The number of carbonyl (C=O) groups is 1. The van der Waals surface area contributed by atoms with E-state index >= 15 is 0 Å². The summed E-state index contributed by atoms with van der Waals surface area (Å²) >= 11 is 0. The number of nitrogens with one attached hydrogen (secondary N) is 1. The number of nitrogens with zero attached hydrogens (tertiary/aromatic N) is 1. The summed E-state index contributed by atoms with van der Waals surface area (Å²) < 4.78 is 16.8. The molecule has 0 radical (unpaired) electrons. The highest BCUT2D eigenvalue weighted by Crippen LogP contribution is 2.39. The number of carbonyl (C=O) groups excluding carboxylic acids is 1. The Hall–Kier alpha value is -2.89. The molecule has 0 aliphatic carbocycles. The van der Waals surface area contributed by atoms with E-state index in [9.17, 15) is 4.79 Å². The summed E-state index contributed by atoms with van der Waals surface area (Å²) in [6.45, 7) is 3.73. The van der Waals surface area contributed by atoms with Crippen LogP contribution in [0.2, 0.25) is 0 Å². The number of methoxy groups -OCH3 is 2. The fourth-order valence-electron chi connectivity index (χ4n) is 4.25. The van der Waals surface area contributed by atoms with Crippen molar-refractivity contribution in [1.29, 1.82) is 0 Å². The minimum atomic E-state index is -0.0717. The summed E-state index contributed by atoms with van der Waals surface area (Å²) in [6.07, 6.45) is 2.87. The van der Waals surface area contributed by atoms with Gasteiger partial charge in [0.1, 0.15) is 11.9 Å². The predicted octanol–water partition coefficient (Wildman–Crippen LogP) is 3.43. The molecule has 6 heteroatoms. The van der Waals surface area contributed by atoms with Crippen molar-refractivity contribution < 1.29 is 19.0 Å². The number of hydrogen-bond donors (Lipinski definition) is 1. The molecule has 6 nitrogen and oxygen atoms in total. The second-order valence-electron chi connectivity index (χ2n) is 7.73. The summed E-state index contributed by atoms with van der Waals surface area (Å²) in [5, 5.41) is 3.21. The Morgan fingerprint density at radius 3 is 2.76 bits per heavy atom. The molecule has 2 aliphatic rings. The van der Waals surface area contributed by atoms with Crippen LogP contribution in [0.3, 0.4) is 0 Å². The van der Waals surface area contributed by atoms with Crippen LogP contribution in [0, 0.1) is 0 Å². The lowest BCUT2D eigenvalue weighted by Gasteiger charge is -2.35. The number of piperidine rings is 1. The molecule has 0 saturated carbocycles. The lowest BCUT2D eigenvalue weighted by atomic mass is 10.0. The summed E-state index contributed by atoms with van der Waals surface area (Å²) in [5.41, 5.74) is 2.72. The summed E-state index contributed by atoms with van der Waals surface area (Å²) in [6, 6.07) is 11.8. The highest BCUT2D eigenvalue weighted by molar-refractivity contribution is 5.95. The molecule has 2 unspecified atom stereocenters. The van der Waals surface area contributed by atoms with E-state index in [1.165, 1.54) is 0 Å². The third-order valence-electron chi connectivity index (χ3n) is 5.62. The first-order valence-electron chi connectivity index (χ1n) is 10.2. The van der Waals surface area contributed by atoms with Crippen molar-refractivity contribution in [3.8, 4) is 17.2 Å². The van der Waals surface area contributed by atoms with Crippen LogP contribution in [0.5, 0.6) is 17.2 Å². The van der Waals surface area contributed by atoms with Crippen LogP contribution in [-0.2, 0) is 6.42 Å². The van der Waals surface area contributed by atoms with Crippen LogP contribution in [0.15, 0.2) is 36.4 Å². The van der Waals surface area contributed by atoms with Gasteiger partial charge in [-0.3, -0.25) is 4.79 Å². The lowest BCUT2D eigenvalue weighted by molar-refractivity contribution is 0.0932. The van der Waals surface area contributed by atoms with E-state index in [1.807, 2.05) is 31.2 Å². The molecule has 0 aromatic heterocycles. The van der Waals surface area contributed by atoms with Gasteiger partial charge in [-0.2, -0.15) is 0 Å². The van der Waals surface area contributed by atoms with Crippen molar-refractivity contribution in [2.24, 2.45) is 0 Å². The van der Waals surface area contributed by atoms with Gasteiger partial charge in [0.25, 0.3) is 5.91 Å². The smallest absolute Gasteiger partial charge is 0.251 e. The third-order valence-corrected chi connectivity index (χ3v) is 5.62. The molecule has 2 atom stereocenters. The predicted molar refractivity (Wildman–Crippen MR) is 112 cm³/mol. The van der Waals surface area contributed by atoms with Gasteiger partial charge in [0.2, 0.25) is 0 Å². The average molecular weight is 396 g/mol. The van der Waals surface area contributed by atoms with Crippen LogP contribution in [-0.4, -0.2) is 45.4 Å². The number of ether oxygens (including phenoxy) is 3. The fourth-order valence-corrected chi connectivity index (χ4v) is 4.25. The molecule has 1 saturated heterocycles. The second-order valence-corrected chi connectivity index (χ2v) is 7.73. The van der Waals surface area contributed by atoms with Crippen LogP contribution in [0.25, 0.3) is 0 Å². The standard InChI is InChI=1S/C23H28N2O4/c1-15-11-16-12-17(13-21(28-3)22(16)29-15)23(26)24-18-7-6-10-25(14-18)19-8-4-5-9-20(19)27-2/h4-5,8-9,12-13,15,18H,6-7,10-11,14H2,1-3H3,(H,24,26). The Kier molecular flexibility index (Phi) is 5.51. The van der Waals surface area contributed by atoms with Gasteiger partial charge < -0.3 is 24.4 Å². The maximum atomic E-state index is 13.0. The van der Waals surface area contributed by atoms with Gasteiger partial charge in [0, 0.05) is 36.7 Å². The van der Waals surface area contributed by atoms with Crippen molar-refractivity contribution in [2.45, 2.75) is 38.3 Å². The first kappa shape index (κ1) is 19.4. The van der Waals surface area contributed by atoms with E-state index in [0.29, 0.717) is 11.3 Å². The molecule has 154 valence electrons. The first-order chi connectivity index (χ1) is 14.1. The van der Waals surface area contributed by atoms with Gasteiger partial charge >= 0.3 is 0 Å². The van der Waals surface area contributed by atoms with E-state index < -0.39 is 0 Å². The van der Waals surface area contributed by atoms with E-state index in [2.05, 4.69) is 16.3 Å². The Bertz CT molecular complexity index is 898. The topological polar surface area (TPSA) is 60.0 Å². The van der Waals surface area contributed by atoms with Crippen molar-refractivity contribution >= 4 is 11.6 Å². The second kappa shape index (κ2) is 8.23. The van der Waals surface area contributed by atoms with Gasteiger partial charge in [0.05, 0.1) is 19.9 Å². The van der Waals surface area contributed by atoms with Crippen molar-refractivity contribution in [3.63, 3.8) is 0 Å². The summed E-state index contributed by atoms with van der Waals surface area (Å²) in [4.78, 5) is 15.3. The van der Waals surface area contributed by atoms with Gasteiger partial charge in [-0.1, -0.05) is 12.1 Å². The maximum absolute atomic E-state index is 13.0. The van der Waals surface area contributed by atoms with E-state index in [4.69, 9.17) is 14.2 Å². The number of benzene rings is 2. The monoisotopic (exact) mass is 396 g/mol. The summed E-state index contributed by atoms with van der Waals surface area (Å²) in [7, 11) is 3.30. The highest BCUT2D eigenvalue weighted by Gasteiger charge is 2.27. The molecule has 0 spiro atoms. The molecule has 0 bridgehead atoms. The van der Waals surface area contributed by atoms with E-state index in [1.54, 1.807) is 20.3 Å². The molecule has 2 aliphatic heterocycles. The van der Waals surface area contributed by atoms with Crippen molar-refractivity contribution in [3.05, 3.63) is 47.5 Å². The van der Waals surface area contributed by atoms with Gasteiger partial charge in [0.15, 0.2) is 11.5 Å². The van der Waals surface area contributed by atoms with Gasteiger partial charge in [-0.25, -0.2) is 0 Å². The van der Waals surface area contributed by atoms with Gasteiger partial charge in [-0.15, -0.1) is 0 Å². The van der Waals surface area contributed by atoms with E-state index in [-0.39, 0.29) is 18.1 Å².